The maximum Gasteiger partial charge on any atom is 0.217 e. The van der Waals surface area contributed by atoms with Crippen LogP contribution in [0.3, 0.4) is 0 Å². The first-order valence-corrected chi connectivity index (χ1v) is 6.30. The highest BCUT2D eigenvalue weighted by atomic mass is 16.1. The van der Waals surface area contributed by atoms with E-state index in [0.717, 1.165) is 32.1 Å². The molecule has 1 saturated carbocycles. The van der Waals surface area contributed by atoms with E-state index in [1.807, 2.05) is 13.8 Å². The monoisotopic (exact) mass is 225 g/mol. The number of Topliss-reactive ketones (excluding diaryl/α,β-unsaturated/α-hetero) is 1. The van der Waals surface area contributed by atoms with Crippen molar-refractivity contribution in [3.05, 3.63) is 0 Å². The van der Waals surface area contributed by atoms with Gasteiger partial charge in [-0.2, -0.15) is 0 Å². The fourth-order valence-electron chi connectivity index (χ4n) is 2.44. The average molecular weight is 225 g/mol. The van der Waals surface area contributed by atoms with Crippen molar-refractivity contribution in [3.8, 4) is 0 Å². The van der Waals surface area contributed by atoms with Crippen LogP contribution in [0.15, 0.2) is 0 Å². The van der Waals surface area contributed by atoms with E-state index in [2.05, 4.69) is 0 Å². The molecule has 3 nitrogen and oxygen atoms in total. The second-order valence-corrected chi connectivity index (χ2v) is 5.38. The molecule has 1 rings (SSSR count). The second-order valence-electron chi connectivity index (χ2n) is 5.38. The van der Waals surface area contributed by atoms with Crippen LogP contribution in [-0.4, -0.2) is 11.7 Å². The third-order valence-electron chi connectivity index (χ3n) is 3.59. The topological polar surface area (TPSA) is 60.2 Å². The summed E-state index contributed by atoms with van der Waals surface area (Å²) in [5.74, 6) is 1.34. The molecule has 1 aliphatic carbocycles. The normalized spacial score (nSPS) is 25.7. The predicted octanol–water partition coefficient (Wildman–Crippen LogP) is 2.28. The smallest absolute Gasteiger partial charge is 0.217 e. The molecule has 1 aliphatic rings. The third kappa shape index (κ3) is 4.33. The quantitative estimate of drug-likeness (QED) is 0.780. The molecule has 3 heteroatoms. The molecule has 0 aromatic carbocycles. The molecular weight excluding hydrogens is 202 g/mol. The SMILES string of the molecule is CC(C)C(=O)CC1CCC(CC(N)=O)CC1. The number of rotatable bonds is 5. The molecule has 92 valence electrons. The molecular formula is C13H23NO2. The minimum atomic E-state index is -0.193. The lowest BCUT2D eigenvalue weighted by Gasteiger charge is -2.27. The summed E-state index contributed by atoms with van der Waals surface area (Å²) in [5.41, 5.74) is 5.19. The van der Waals surface area contributed by atoms with E-state index in [1.54, 1.807) is 0 Å². The Morgan fingerprint density at radius 1 is 1.06 bits per heavy atom. The predicted molar refractivity (Wildman–Crippen MR) is 63.7 cm³/mol. The van der Waals surface area contributed by atoms with Gasteiger partial charge in [-0.1, -0.05) is 13.8 Å². The number of nitrogens with two attached hydrogens (primary N) is 1. The van der Waals surface area contributed by atoms with Gasteiger partial charge in [0, 0.05) is 18.8 Å². The first kappa shape index (κ1) is 13.2. The Balaban J connectivity index is 2.27. The molecule has 0 radical (unpaired) electrons. The van der Waals surface area contributed by atoms with Crippen molar-refractivity contribution in [2.45, 2.75) is 52.4 Å². The maximum atomic E-state index is 11.6. The van der Waals surface area contributed by atoms with E-state index >= 15 is 0 Å². The van der Waals surface area contributed by atoms with Crippen LogP contribution in [0.2, 0.25) is 0 Å². The Hall–Kier alpha value is -0.860. The van der Waals surface area contributed by atoms with E-state index in [9.17, 15) is 9.59 Å². The zero-order valence-electron chi connectivity index (χ0n) is 10.4. The molecule has 0 bridgehead atoms. The van der Waals surface area contributed by atoms with Crippen LogP contribution in [0.1, 0.15) is 52.4 Å². The van der Waals surface area contributed by atoms with Crippen LogP contribution in [-0.2, 0) is 9.59 Å². The summed E-state index contributed by atoms with van der Waals surface area (Å²) in [6, 6.07) is 0. The Morgan fingerprint density at radius 2 is 1.50 bits per heavy atom. The second kappa shape index (κ2) is 6.02. The summed E-state index contributed by atoms with van der Waals surface area (Å²) in [6.45, 7) is 3.92. The minimum absolute atomic E-state index is 0.156. The van der Waals surface area contributed by atoms with Crippen LogP contribution in [0.4, 0.5) is 0 Å². The van der Waals surface area contributed by atoms with E-state index in [-0.39, 0.29) is 11.8 Å². The van der Waals surface area contributed by atoms with Gasteiger partial charge in [0.2, 0.25) is 5.91 Å². The largest absolute Gasteiger partial charge is 0.370 e. The highest BCUT2D eigenvalue weighted by Gasteiger charge is 2.24. The Kier molecular flexibility index (Phi) is 4.97. The van der Waals surface area contributed by atoms with Crippen LogP contribution in [0.5, 0.6) is 0 Å². The Labute approximate surface area is 97.8 Å². The molecule has 0 spiro atoms. The molecule has 0 heterocycles. The molecule has 16 heavy (non-hydrogen) atoms. The lowest BCUT2D eigenvalue weighted by Crippen LogP contribution is -2.23. The van der Waals surface area contributed by atoms with Crippen molar-refractivity contribution in [3.63, 3.8) is 0 Å². The average Bonchev–Trinajstić information content (AvgIpc) is 2.20. The number of amides is 1. The zero-order chi connectivity index (χ0) is 12.1. The number of primary amides is 1. The summed E-state index contributed by atoms with van der Waals surface area (Å²) in [7, 11) is 0. The van der Waals surface area contributed by atoms with Crippen LogP contribution >= 0.6 is 0 Å². The summed E-state index contributed by atoms with van der Waals surface area (Å²) >= 11 is 0. The highest BCUT2D eigenvalue weighted by molar-refractivity contribution is 5.80. The molecule has 0 aromatic heterocycles. The van der Waals surface area contributed by atoms with E-state index in [1.165, 1.54) is 0 Å². The third-order valence-corrected chi connectivity index (χ3v) is 3.59. The van der Waals surface area contributed by atoms with Crippen LogP contribution < -0.4 is 5.73 Å². The van der Waals surface area contributed by atoms with Gasteiger partial charge in [-0.3, -0.25) is 9.59 Å². The van der Waals surface area contributed by atoms with Gasteiger partial charge >= 0.3 is 0 Å². The van der Waals surface area contributed by atoms with Crippen molar-refractivity contribution in [1.29, 1.82) is 0 Å². The van der Waals surface area contributed by atoms with E-state index in [0.29, 0.717) is 24.0 Å². The number of carbonyl (C=O) groups excluding carboxylic acids is 2. The standard InChI is InChI=1S/C13H23NO2/c1-9(2)12(15)7-10-3-5-11(6-4-10)8-13(14)16/h9-11H,3-8H2,1-2H3,(H2,14,16). The number of carbonyl (C=O) groups is 2. The fourth-order valence-corrected chi connectivity index (χ4v) is 2.44. The highest BCUT2D eigenvalue weighted by Crippen LogP contribution is 2.32. The summed E-state index contributed by atoms with van der Waals surface area (Å²) < 4.78 is 0. The molecule has 0 aliphatic heterocycles. The van der Waals surface area contributed by atoms with Crippen molar-refractivity contribution in [1.82, 2.24) is 0 Å². The first-order chi connectivity index (χ1) is 7.49. The van der Waals surface area contributed by atoms with Crippen molar-refractivity contribution < 1.29 is 9.59 Å². The van der Waals surface area contributed by atoms with Gasteiger partial charge in [0.1, 0.15) is 5.78 Å². The molecule has 1 fully saturated rings. The van der Waals surface area contributed by atoms with Gasteiger partial charge in [-0.05, 0) is 37.5 Å². The summed E-state index contributed by atoms with van der Waals surface area (Å²) in [6.07, 6.45) is 5.51. The lowest BCUT2D eigenvalue weighted by atomic mass is 9.78. The van der Waals surface area contributed by atoms with Crippen LogP contribution in [0.25, 0.3) is 0 Å². The zero-order valence-corrected chi connectivity index (χ0v) is 10.4. The maximum absolute atomic E-state index is 11.6. The van der Waals surface area contributed by atoms with Gasteiger partial charge in [-0.15, -0.1) is 0 Å². The van der Waals surface area contributed by atoms with Gasteiger partial charge in [0.05, 0.1) is 0 Å². The summed E-state index contributed by atoms with van der Waals surface area (Å²) in [5, 5.41) is 0. The van der Waals surface area contributed by atoms with Crippen molar-refractivity contribution in [2.24, 2.45) is 23.5 Å². The van der Waals surface area contributed by atoms with Crippen molar-refractivity contribution >= 4 is 11.7 Å². The number of hydrogen-bond acceptors (Lipinski definition) is 2. The molecule has 0 unspecified atom stereocenters. The number of ketones is 1. The van der Waals surface area contributed by atoms with Crippen molar-refractivity contribution in [2.75, 3.05) is 0 Å². The van der Waals surface area contributed by atoms with E-state index < -0.39 is 0 Å². The molecule has 0 saturated heterocycles. The van der Waals surface area contributed by atoms with Crippen LogP contribution in [0, 0.1) is 17.8 Å². The Bertz CT molecular complexity index is 253. The number of hydrogen-bond donors (Lipinski definition) is 1. The molecule has 2 N–H and O–H groups in total. The lowest BCUT2D eigenvalue weighted by molar-refractivity contribution is -0.123. The fraction of sp³-hybridized carbons (Fsp3) is 0.846. The molecule has 0 aromatic rings. The van der Waals surface area contributed by atoms with Gasteiger partial charge in [-0.25, -0.2) is 0 Å². The first-order valence-electron chi connectivity index (χ1n) is 6.30. The Morgan fingerprint density at radius 3 is 1.88 bits per heavy atom. The molecule has 1 amide bonds. The summed E-state index contributed by atoms with van der Waals surface area (Å²) in [4.78, 5) is 22.4. The van der Waals surface area contributed by atoms with E-state index in [4.69, 9.17) is 5.73 Å². The molecule has 0 atom stereocenters. The van der Waals surface area contributed by atoms with Gasteiger partial charge in [0.15, 0.2) is 0 Å². The van der Waals surface area contributed by atoms with Gasteiger partial charge < -0.3 is 5.73 Å². The minimum Gasteiger partial charge on any atom is -0.370 e. The van der Waals surface area contributed by atoms with Gasteiger partial charge in [0.25, 0.3) is 0 Å².